The molecule has 5 nitrogen and oxygen atoms in total. The first kappa shape index (κ1) is 18.5. The van der Waals surface area contributed by atoms with E-state index in [4.69, 9.17) is 14.2 Å². The number of Topliss-reactive ketones (excluding diaryl/α,β-unsaturated/α-hetero) is 2. The number of benzene rings is 2. The van der Waals surface area contributed by atoms with Crippen LogP contribution in [0.3, 0.4) is 0 Å². The zero-order valence-corrected chi connectivity index (χ0v) is 14.7. The molecular weight excluding hydrogens is 320 g/mol. The van der Waals surface area contributed by atoms with Gasteiger partial charge in [-0.25, -0.2) is 0 Å². The zero-order chi connectivity index (χ0) is 18.2. The highest BCUT2D eigenvalue weighted by Gasteiger charge is 2.12. The van der Waals surface area contributed by atoms with Gasteiger partial charge in [0.15, 0.2) is 17.3 Å². The first-order valence-corrected chi connectivity index (χ1v) is 8.02. The third kappa shape index (κ3) is 5.64. The Morgan fingerprint density at radius 1 is 1.00 bits per heavy atom. The summed E-state index contributed by atoms with van der Waals surface area (Å²) in [7, 11) is 1.60. The van der Waals surface area contributed by atoms with Crippen molar-refractivity contribution in [2.24, 2.45) is 0 Å². The van der Waals surface area contributed by atoms with Crippen LogP contribution in [0.1, 0.15) is 36.2 Å². The quantitative estimate of drug-likeness (QED) is 0.773. The summed E-state index contributed by atoms with van der Waals surface area (Å²) in [4.78, 5) is 21.6. The standard InChI is InChI=1S/C11H12O3.C9H10O2/c1-8(12)2-3-9-4-5-10-11(6-9)14-7-13-10;1-7(10)8-3-5-9(11-2)6-4-8/h4-6H,2-3,7H2,1H3;3-6H,1-2H3. The Morgan fingerprint density at radius 2 is 1.68 bits per heavy atom. The predicted octanol–water partition coefficient (Wildman–Crippen LogP) is 3.83. The summed E-state index contributed by atoms with van der Waals surface area (Å²) in [6, 6.07) is 12.8. The normalized spacial score (nSPS) is 11.3. The molecule has 0 atom stereocenters. The van der Waals surface area contributed by atoms with Crippen LogP contribution < -0.4 is 14.2 Å². The van der Waals surface area contributed by atoms with Crippen LogP contribution in [0.15, 0.2) is 42.5 Å². The molecule has 0 aromatic heterocycles. The highest BCUT2D eigenvalue weighted by atomic mass is 16.7. The van der Waals surface area contributed by atoms with E-state index in [1.165, 1.54) is 0 Å². The molecule has 0 amide bonds. The van der Waals surface area contributed by atoms with Gasteiger partial charge in [0.05, 0.1) is 7.11 Å². The molecule has 0 fully saturated rings. The fourth-order valence-corrected chi connectivity index (χ4v) is 2.24. The lowest BCUT2D eigenvalue weighted by Crippen LogP contribution is -1.94. The Hall–Kier alpha value is -2.82. The molecule has 5 heteroatoms. The summed E-state index contributed by atoms with van der Waals surface area (Å²) in [5, 5.41) is 0. The summed E-state index contributed by atoms with van der Waals surface area (Å²) in [5.74, 6) is 2.63. The van der Waals surface area contributed by atoms with Crippen molar-refractivity contribution in [3.05, 3.63) is 53.6 Å². The summed E-state index contributed by atoms with van der Waals surface area (Å²) in [5.41, 5.74) is 1.83. The molecule has 2 aromatic rings. The number of carbonyl (C=O) groups is 2. The number of carbonyl (C=O) groups excluding carboxylic acids is 2. The molecule has 0 N–H and O–H groups in total. The van der Waals surface area contributed by atoms with Crippen molar-refractivity contribution >= 4 is 11.6 Å². The molecule has 0 saturated carbocycles. The summed E-state index contributed by atoms with van der Waals surface area (Å²) >= 11 is 0. The summed E-state index contributed by atoms with van der Waals surface area (Å²) in [6.07, 6.45) is 1.35. The van der Waals surface area contributed by atoms with Crippen LogP contribution in [0.5, 0.6) is 17.2 Å². The minimum absolute atomic E-state index is 0.0765. The molecule has 25 heavy (non-hydrogen) atoms. The highest BCUT2D eigenvalue weighted by Crippen LogP contribution is 2.32. The molecule has 1 aliphatic heterocycles. The van der Waals surface area contributed by atoms with Crippen molar-refractivity contribution < 1.29 is 23.8 Å². The third-order valence-electron chi connectivity index (χ3n) is 3.70. The van der Waals surface area contributed by atoms with Gasteiger partial charge in [0, 0.05) is 12.0 Å². The number of aryl methyl sites for hydroxylation is 1. The van der Waals surface area contributed by atoms with Crippen molar-refractivity contribution in [3.63, 3.8) is 0 Å². The number of rotatable bonds is 5. The van der Waals surface area contributed by atoms with Crippen LogP contribution in [0.4, 0.5) is 0 Å². The minimum Gasteiger partial charge on any atom is -0.497 e. The zero-order valence-electron chi connectivity index (χ0n) is 14.7. The average molecular weight is 342 g/mol. The van der Waals surface area contributed by atoms with E-state index in [0.29, 0.717) is 18.8 Å². The maximum absolute atomic E-state index is 10.8. The van der Waals surface area contributed by atoms with Gasteiger partial charge in [0.2, 0.25) is 6.79 Å². The molecule has 0 saturated heterocycles. The lowest BCUT2D eigenvalue weighted by Gasteiger charge is -2.00. The summed E-state index contributed by atoms with van der Waals surface area (Å²) in [6.45, 7) is 3.44. The molecule has 0 aliphatic carbocycles. The lowest BCUT2D eigenvalue weighted by molar-refractivity contribution is -0.116. The second-order valence-electron chi connectivity index (χ2n) is 5.67. The van der Waals surface area contributed by atoms with Gasteiger partial charge < -0.3 is 19.0 Å². The van der Waals surface area contributed by atoms with E-state index in [-0.39, 0.29) is 11.6 Å². The van der Waals surface area contributed by atoms with Crippen molar-refractivity contribution in [2.45, 2.75) is 26.7 Å². The van der Waals surface area contributed by atoms with E-state index in [2.05, 4.69) is 0 Å². The highest BCUT2D eigenvalue weighted by molar-refractivity contribution is 5.94. The Labute approximate surface area is 147 Å². The average Bonchev–Trinajstić information content (AvgIpc) is 3.08. The van der Waals surface area contributed by atoms with Gasteiger partial charge in [-0.05, 0) is 62.2 Å². The number of ether oxygens (including phenoxy) is 3. The van der Waals surface area contributed by atoms with Crippen LogP contribution in [-0.4, -0.2) is 25.5 Å². The van der Waals surface area contributed by atoms with E-state index in [1.54, 1.807) is 45.2 Å². The van der Waals surface area contributed by atoms with Gasteiger partial charge in [0.25, 0.3) is 0 Å². The SMILES string of the molecule is CC(=O)CCc1ccc2c(c1)OCO2.COc1ccc(C(C)=O)cc1. The maximum Gasteiger partial charge on any atom is 0.231 e. The number of fused-ring (bicyclic) bond motifs is 1. The molecule has 0 unspecified atom stereocenters. The van der Waals surface area contributed by atoms with Gasteiger partial charge >= 0.3 is 0 Å². The molecule has 0 bridgehead atoms. The van der Waals surface area contributed by atoms with E-state index in [0.717, 1.165) is 29.2 Å². The fraction of sp³-hybridized carbons (Fsp3) is 0.300. The van der Waals surface area contributed by atoms with Crippen molar-refractivity contribution in [1.82, 2.24) is 0 Å². The number of hydrogen-bond acceptors (Lipinski definition) is 5. The number of methoxy groups -OCH3 is 1. The first-order valence-electron chi connectivity index (χ1n) is 8.02. The van der Waals surface area contributed by atoms with E-state index < -0.39 is 0 Å². The van der Waals surface area contributed by atoms with Crippen LogP contribution in [0, 0.1) is 0 Å². The van der Waals surface area contributed by atoms with Gasteiger partial charge in [-0.1, -0.05) is 6.07 Å². The first-order chi connectivity index (χ1) is 12.0. The minimum atomic E-state index is 0.0765. The molecule has 3 rings (SSSR count). The smallest absolute Gasteiger partial charge is 0.231 e. The molecular formula is C20H22O5. The Bertz CT molecular complexity index is 734. The molecule has 132 valence electrons. The third-order valence-corrected chi connectivity index (χ3v) is 3.70. The van der Waals surface area contributed by atoms with Crippen LogP contribution >= 0.6 is 0 Å². The van der Waals surface area contributed by atoms with E-state index >= 15 is 0 Å². The monoisotopic (exact) mass is 342 g/mol. The fourth-order valence-electron chi connectivity index (χ4n) is 2.24. The van der Waals surface area contributed by atoms with Crippen molar-refractivity contribution in [1.29, 1.82) is 0 Å². The molecule has 1 heterocycles. The second-order valence-corrected chi connectivity index (χ2v) is 5.67. The van der Waals surface area contributed by atoms with Crippen molar-refractivity contribution in [3.8, 4) is 17.2 Å². The molecule has 1 aliphatic rings. The Balaban J connectivity index is 0.000000186. The van der Waals surface area contributed by atoms with Gasteiger partial charge in [-0.15, -0.1) is 0 Å². The number of ketones is 2. The Kier molecular flexibility index (Phi) is 6.57. The van der Waals surface area contributed by atoms with Crippen LogP contribution in [-0.2, 0) is 11.2 Å². The van der Waals surface area contributed by atoms with Crippen LogP contribution in [0.2, 0.25) is 0 Å². The maximum atomic E-state index is 10.8. The van der Waals surface area contributed by atoms with E-state index in [1.807, 2.05) is 18.2 Å². The lowest BCUT2D eigenvalue weighted by atomic mass is 10.1. The van der Waals surface area contributed by atoms with Crippen LogP contribution in [0.25, 0.3) is 0 Å². The molecule has 2 aromatic carbocycles. The largest absolute Gasteiger partial charge is 0.497 e. The van der Waals surface area contributed by atoms with Gasteiger partial charge in [-0.2, -0.15) is 0 Å². The topological polar surface area (TPSA) is 61.8 Å². The van der Waals surface area contributed by atoms with Gasteiger partial charge in [-0.3, -0.25) is 4.79 Å². The molecule has 0 spiro atoms. The number of hydrogen-bond donors (Lipinski definition) is 0. The van der Waals surface area contributed by atoms with Gasteiger partial charge in [0.1, 0.15) is 11.5 Å². The summed E-state index contributed by atoms with van der Waals surface area (Å²) < 4.78 is 15.4. The second kappa shape index (κ2) is 8.87. The van der Waals surface area contributed by atoms with E-state index in [9.17, 15) is 9.59 Å². The van der Waals surface area contributed by atoms with Crippen molar-refractivity contribution in [2.75, 3.05) is 13.9 Å². The molecule has 0 radical (unpaired) electrons. The predicted molar refractivity (Wildman–Crippen MR) is 94.6 cm³/mol. The Morgan fingerprint density at radius 3 is 2.28 bits per heavy atom.